The molecule has 20 heavy (non-hydrogen) atoms. The van der Waals surface area contributed by atoms with Crippen LogP contribution in [0.1, 0.15) is 31.7 Å². The molecule has 1 nitrogen and oxygen atoms in total. The normalized spacial score (nSPS) is 12.5. The molecule has 0 spiro atoms. The Morgan fingerprint density at radius 2 is 1.65 bits per heavy atom. The van der Waals surface area contributed by atoms with E-state index in [9.17, 15) is 0 Å². The molecule has 1 heteroatoms. The Hall–Kier alpha value is -2.15. The van der Waals surface area contributed by atoms with Crippen molar-refractivity contribution >= 4 is 10.8 Å². The van der Waals surface area contributed by atoms with Gasteiger partial charge in [0, 0.05) is 17.1 Å². The fraction of sp³-hybridized carbons (Fsp3) is 0.211. The largest absolute Gasteiger partial charge is 0.256 e. The Kier molecular flexibility index (Phi) is 3.51. The van der Waals surface area contributed by atoms with Crippen LogP contribution in [0.15, 0.2) is 60.8 Å². The van der Waals surface area contributed by atoms with Gasteiger partial charge in [-0.25, -0.2) is 0 Å². The van der Waals surface area contributed by atoms with Gasteiger partial charge < -0.3 is 0 Å². The van der Waals surface area contributed by atoms with Gasteiger partial charge in [-0.05, 0) is 29.4 Å². The quantitative estimate of drug-likeness (QED) is 0.614. The molecule has 0 saturated heterocycles. The second-order valence-electron chi connectivity index (χ2n) is 5.31. The number of benzene rings is 2. The maximum Gasteiger partial charge on any atom is 0.0711 e. The molecule has 0 radical (unpaired) electrons. The summed E-state index contributed by atoms with van der Waals surface area (Å²) in [6, 6.07) is 19.2. The van der Waals surface area contributed by atoms with Gasteiger partial charge in [0.05, 0.1) is 5.69 Å². The zero-order valence-electron chi connectivity index (χ0n) is 12.0. The molecule has 0 saturated carbocycles. The van der Waals surface area contributed by atoms with Gasteiger partial charge in [0.15, 0.2) is 0 Å². The van der Waals surface area contributed by atoms with Crippen LogP contribution in [-0.4, -0.2) is 4.98 Å². The predicted molar refractivity (Wildman–Crippen MR) is 85.9 cm³/mol. The molecule has 1 atom stereocenters. The molecule has 0 N–H and O–H groups in total. The molecular formula is C19H19N. The SMILES string of the molecule is CCC(C)c1ccccc1-c1cc2ccccc2cn1. The van der Waals surface area contributed by atoms with Crippen LogP contribution in [0.2, 0.25) is 0 Å². The van der Waals surface area contributed by atoms with Crippen LogP contribution < -0.4 is 0 Å². The summed E-state index contributed by atoms with van der Waals surface area (Å²) in [5, 5.41) is 2.44. The van der Waals surface area contributed by atoms with Gasteiger partial charge in [0.25, 0.3) is 0 Å². The van der Waals surface area contributed by atoms with Crippen LogP contribution in [0.25, 0.3) is 22.0 Å². The van der Waals surface area contributed by atoms with Crippen molar-refractivity contribution in [3.63, 3.8) is 0 Å². The van der Waals surface area contributed by atoms with E-state index in [1.807, 2.05) is 6.20 Å². The van der Waals surface area contributed by atoms with Crippen molar-refractivity contribution in [1.29, 1.82) is 0 Å². The minimum Gasteiger partial charge on any atom is -0.256 e. The van der Waals surface area contributed by atoms with E-state index < -0.39 is 0 Å². The summed E-state index contributed by atoms with van der Waals surface area (Å²) in [6.07, 6.45) is 3.11. The molecule has 0 aliphatic heterocycles. The van der Waals surface area contributed by atoms with Crippen molar-refractivity contribution in [2.45, 2.75) is 26.2 Å². The van der Waals surface area contributed by atoms with Crippen molar-refractivity contribution in [1.82, 2.24) is 4.98 Å². The highest BCUT2D eigenvalue weighted by molar-refractivity contribution is 5.85. The third kappa shape index (κ3) is 2.32. The first-order valence-corrected chi connectivity index (χ1v) is 7.23. The topological polar surface area (TPSA) is 12.9 Å². The summed E-state index contributed by atoms with van der Waals surface area (Å²) < 4.78 is 0. The van der Waals surface area contributed by atoms with Crippen LogP contribution in [0, 0.1) is 0 Å². The Bertz CT molecular complexity index is 730. The Morgan fingerprint density at radius 3 is 2.45 bits per heavy atom. The van der Waals surface area contributed by atoms with E-state index in [1.54, 1.807) is 0 Å². The monoisotopic (exact) mass is 261 g/mol. The Labute approximate surface area is 120 Å². The summed E-state index contributed by atoms with van der Waals surface area (Å²) in [5.74, 6) is 0.555. The van der Waals surface area contributed by atoms with Gasteiger partial charge in [-0.3, -0.25) is 4.98 Å². The first-order valence-electron chi connectivity index (χ1n) is 7.23. The summed E-state index contributed by atoms with van der Waals surface area (Å²) in [6.45, 7) is 4.51. The average molecular weight is 261 g/mol. The molecule has 0 amide bonds. The Morgan fingerprint density at radius 1 is 0.950 bits per heavy atom. The maximum absolute atomic E-state index is 4.65. The maximum atomic E-state index is 4.65. The minimum atomic E-state index is 0.555. The van der Waals surface area contributed by atoms with Gasteiger partial charge in [-0.1, -0.05) is 62.4 Å². The number of aromatic nitrogens is 1. The summed E-state index contributed by atoms with van der Waals surface area (Å²) >= 11 is 0. The summed E-state index contributed by atoms with van der Waals surface area (Å²) in [7, 11) is 0. The van der Waals surface area contributed by atoms with E-state index in [0.29, 0.717) is 5.92 Å². The van der Waals surface area contributed by atoms with Crippen molar-refractivity contribution in [3.8, 4) is 11.3 Å². The third-order valence-corrected chi connectivity index (χ3v) is 4.01. The fourth-order valence-corrected chi connectivity index (χ4v) is 2.61. The lowest BCUT2D eigenvalue weighted by molar-refractivity contribution is 0.735. The van der Waals surface area contributed by atoms with Gasteiger partial charge >= 0.3 is 0 Å². The molecular weight excluding hydrogens is 242 g/mol. The second kappa shape index (κ2) is 5.46. The second-order valence-corrected chi connectivity index (χ2v) is 5.31. The molecule has 0 fully saturated rings. The minimum absolute atomic E-state index is 0.555. The highest BCUT2D eigenvalue weighted by Gasteiger charge is 2.11. The van der Waals surface area contributed by atoms with Crippen LogP contribution in [0.3, 0.4) is 0 Å². The molecule has 0 aliphatic carbocycles. The number of nitrogens with zero attached hydrogens (tertiary/aromatic N) is 1. The van der Waals surface area contributed by atoms with Gasteiger partial charge in [0.2, 0.25) is 0 Å². The molecule has 3 rings (SSSR count). The molecule has 100 valence electrons. The highest BCUT2D eigenvalue weighted by atomic mass is 14.7. The van der Waals surface area contributed by atoms with Gasteiger partial charge in [-0.15, -0.1) is 0 Å². The van der Waals surface area contributed by atoms with E-state index >= 15 is 0 Å². The number of pyridine rings is 1. The first kappa shape index (κ1) is 12.9. The van der Waals surface area contributed by atoms with Gasteiger partial charge in [0.1, 0.15) is 0 Å². The molecule has 1 heterocycles. The first-order chi connectivity index (χ1) is 9.79. The standard InChI is InChI=1S/C19H19N/c1-3-14(2)17-10-6-7-11-18(17)19-12-15-8-4-5-9-16(15)13-20-19/h4-14H,3H2,1-2H3. The molecule has 3 aromatic rings. The third-order valence-electron chi connectivity index (χ3n) is 4.01. The van der Waals surface area contributed by atoms with E-state index in [-0.39, 0.29) is 0 Å². The average Bonchev–Trinajstić information content (AvgIpc) is 2.53. The van der Waals surface area contributed by atoms with E-state index in [4.69, 9.17) is 0 Å². The highest BCUT2D eigenvalue weighted by Crippen LogP contribution is 2.30. The summed E-state index contributed by atoms with van der Waals surface area (Å²) in [5.41, 5.74) is 3.71. The summed E-state index contributed by atoms with van der Waals surface area (Å²) in [4.78, 5) is 4.65. The molecule has 2 aromatic carbocycles. The molecule has 0 bridgehead atoms. The van der Waals surface area contributed by atoms with Crippen LogP contribution in [0.4, 0.5) is 0 Å². The van der Waals surface area contributed by atoms with Crippen molar-refractivity contribution in [2.75, 3.05) is 0 Å². The number of hydrogen-bond donors (Lipinski definition) is 0. The zero-order chi connectivity index (χ0) is 13.9. The van der Waals surface area contributed by atoms with E-state index in [1.165, 1.54) is 21.9 Å². The van der Waals surface area contributed by atoms with Crippen LogP contribution in [0.5, 0.6) is 0 Å². The molecule has 0 aliphatic rings. The van der Waals surface area contributed by atoms with Gasteiger partial charge in [-0.2, -0.15) is 0 Å². The van der Waals surface area contributed by atoms with E-state index in [2.05, 4.69) is 73.4 Å². The lowest BCUT2D eigenvalue weighted by Gasteiger charge is -2.14. The van der Waals surface area contributed by atoms with E-state index in [0.717, 1.165) is 12.1 Å². The predicted octanol–water partition coefficient (Wildman–Crippen LogP) is 5.42. The lowest BCUT2D eigenvalue weighted by Crippen LogP contribution is -1.96. The lowest BCUT2D eigenvalue weighted by atomic mass is 9.92. The number of fused-ring (bicyclic) bond motifs is 1. The smallest absolute Gasteiger partial charge is 0.0711 e. The molecule has 1 unspecified atom stereocenters. The number of rotatable bonds is 3. The molecule has 1 aromatic heterocycles. The number of hydrogen-bond acceptors (Lipinski definition) is 1. The van der Waals surface area contributed by atoms with Crippen LogP contribution >= 0.6 is 0 Å². The van der Waals surface area contributed by atoms with Crippen molar-refractivity contribution < 1.29 is 0 Å². The van der Waals surface area contributed by atoms with Crippen LogP contribution in [-0.2, 0) is 0 Å². The van der Waals surface area contributed by atoms with Crippen molar-refractivity contribution in [3.05, 3.63) is 66.4 Å². The zero-order valence-corrected chi connectivity index (χ0v) is 12.0. The fourth-order valence-electron chi connectivity index (χ4n) is 2.61. The Balaban J connectivity index is 2.15. The van der Waals surface area contributed by atoms with Crippen molar-refractivity contribution in [2.24, 2.45) is 0 Å².